The number of benzene rings is 2. The quantitative estimate of drug-likeness (QED) is 0.196. The molecule has 1 aliphatic heterocycles. The number of urea groups is 1. The number of thiazole rings is 1. The first kappa shape index (κ1) is 39.9. The molecule has 0 bridgehead atoms. The Kier molecular flexibility index (Phi) is 13.7. The van der Waals surface area contributed by atoms with Gasteiger partial charge in [-0.05, 0) is 30.7 Å². The smallest absolute Gasteiger partial charge is 0.321 e. The van der Waals surface area contributed by atoms with E-state index in [1.54, 1.807) is 9.80 Å². The molecular weight excluding hydrogens is 695 g/mol. The predicted octanol–water partition coefficient (Wildman–Crippen LogP) is 4.17. The van der Waals surface area contributed by atoms with Crippen LogP contribution >= 0.6 is 11.3 Å². The number of aryl methyl sites for hydroxylation is 1. The second-order valence-corrected chi connectivity index (χ2v) is 16.4. The Hall–Kier alpha value is -3.92. The third kappa shape index (κ3) is 9.70. The summed E-state index contributed by atoms with van der Waals surface area (Å²) in [5.41, 5.74) is 1.64. The van der Waals surface area contributed by atoms with E-state index < -0.39 is 34.1 Å². The van der Waals surface area contributed by atoms with Crippen molar-refractivity contribution in [1.29, 1.82) is 0 Å². The molecule has 1 aliphatic rings. The first-order valence-corrected chi connectivity index (χ1v) is 19.3. The molecule has 51 heavy (non-hydrogen) atoms. The lowest BCUT2D eigenvalue weighted by Gasteiger charge is -2.34. The highest BCUT2D eigenvalue weighted by molar-refractivity contribution is 7.89. The van der Waals surface area contributed by atoms with E-state index in [9.17, 15) is 23.1 Å². The molecule has 0 radical (unpaired) electrons. The molecule has 2 heterocycles. The van der Waals surface area contributed by atoms with Crippen LogP contribution in [0.5, 0.6) is 17.2 Å². The van der Waals surface area contributed by atoms with Crippen molar-refractivity contribution < 1.29 is 37.3 Å². The Morgan fingerprint density at radius 1 is 1.02 bits per heavy atom. The number of ether oxygens (including phenoxy) is 3. The molecule has 0 saturated carbocycles. The second kappa shape index (κ2) is 17.5. The summed E-state index contributed by atoms with van der Waals surface area (Å²) in [5, 5.41) is 17.7. The van der Waals surface area contributed by atoms with E-state index >= 15 is 0 Å². The van der Waals surface area contributed by atoms with Crippen LogP contribution in [0.4, 0.5) is 4.79 Å². The van der Waals surface area contributed by atoms with E-state index in [0.29, 0.717) is 19.6 Å². The SMILES string of the molecule is COc1cc(S(=O)(=O)N(CC(C)C)C[C@@H](O)[C@H](Cc2ccccc2)NC(=O)[C@H](C(C)C)N2CCN(Cc3csc(C)n3)C2=O)cc(OC)c1OC. The Balaban J connectivity index is 1.62. The van der Waals surface area contributed by atoms with Gasteiger partial charge in [-0.3, -0.25) is 4.79 Å². The molecule has 15 heteroatoms. The fourth-order valence-corrected chi connectivity index (χ4v) is 8.53. The van der Waals surface area contributed by atoms with Crippen LogP contribution < -0.4 is 19.5 Å². The molecule has 3 atom stereocenters. The average molecular weight is 746 g/mol. The van der Waals surface area contributed by atoms with Crippen LogP contribution in [0.15, 0.2) is 52.7 Å². The third-order valence-corrected chi connectivity index (χ3v) is 11.3. The molecule has 2 N–H and O–H groups in total. The van der Waals surface area contributed by atoms with Crippen molar-refractivity contribution in [2.45, 2.75) is 70.7 Å². The second-order valence-electron chi connectivity index (χ2n) is 13.4. The van der Waals surface area contributed by atoms with Gasteiger partial charge in [0.05, 0.1) is 55.6 Å². The number of carbonyl (C=O) groups is 2. The van der Waals surface area contributed by atoms with Crippen LogP contribution in [0.2, 0.25) is 0 Å². The minimum Gasteiger partial charge on any atom is -0.493 e. The van der Waals surface area contributed by atoms with E-state index in [1.165, 1.54) is 49.1 Å². The number of carbonyl (C=O) groups excluding carboxylic acids is 2. The van der Waals surface area contributed by atoms with Crippen molar-refractivity contribution in [1.82, 2.24) is 24.4 Å². The number of methoxy groups -OCH3 is 3. The van der Waals surface area contributed by atoms with Gasteiger partial charge in [0.15, 0.2) is 11.5 Å². The number of aliphatic hydroxyl groups is 1. The summed E-state index contributed by atoms with van der Waals surface area (Å²) in [6.45, 7) is 10.4. The van der Waals surface area contributed by atoms with E-state index in [4.69, 9.17) is 14.2 Å². The Morgan fingerprint density at radius 3 is 2.20 bits per heavy atom. The molecule has 4 rings (SSSR count). The lowest BCUT2D eigenvalue weighted by atomic mass is 9.97. The standard InChI is InChI=1S/C36H51N5O8S2/c1-23(2)19-40(51(45,46)28-17-31(47-6)34(49-8)32(18-28)48-7)21-30(42)29(16-26-12-10-9-11-13-26)38-35(43)33(24(3)4)41-15-14-39(36(41)44)20-27-22-50-25(5)37-27/h9-13,17-18,22-24,29-30,33,42H,14-16,19-21H2,1-8H3,(H,38,43)/t29-,30+,33-/m0/s1. The van der Waals surface area contributed by atoms with Crippen LogP contribution in [0, 0.1) is 18.8 Å². The summed E-state index contributed by atoms with van der Waals surface area (Å²) in [6, 6.07) is 10.1. The van der Waals surface area contributed by atoms with Crippen molar-refractivity contribution >= 4 is 33.3 Å². The number of nitrogens with zero attached hydrogens (tertiary/aromatic N) is 4. The number of hydrogen-bond donors (Lipinski definition) is 2. The molecule has 3 amide bonds. The fraction of sp³-hybridized carbons (Fsp3) is 0.528. The van der Waals surface area contributed by atoms with Gasteiger partial charge in [0.25, 0.3) is 0 Å². The first-order valence-electron chi connectivity index (χ1n) is 17.0. The summed E-state index contributed by atoms with van der Waals surface area (Å²) in [4.78, 5) is 35.4. The van der Waals surface area contributed by atoms with Gasteiger partial charge in [0, 0.05) is 43.7 Å². The van der Waals surface area contributed by atoms with Gasteiger partial charge in [0.1, 0.15) is 6.04 Å². The van der Waals surface area contributed by atoms with Gasteiger partial charge in [-0.1, -0.05) is 58.0 Å². The minimum atomic E-state index is -4.21. The van der Waals surface area contributed by atoms with Crippen LogP contribution in [-0.2, 0) is 27.8 Å². The molecular formula is C36H51N5O8S2. The van der Waals surface area contributed by atoms with Gasteiger partial charge in [-0.2, -0.15) is 4.31 Å². The van der Waals surface area contributed by atoms with Gasteiger partial charge in [-0.15, -0.1) is 11.3 Å². The van der Waals surface area contributed by atoms with E-state index in [0.717, 1.165) is 16.3 Å². The zero-order chi connectivity index (χ0) is 37.5. The zero-order valence-electron chi connectivity index (χ0n) is 30.7. The summed E-state index contributed by atoms with van der Waals surface area (Å²) in [5.74, 6) is -0.177. The molecule has 1 fully saturated rings. The maximum atomic E-state index is 14.2. The normalized spacial score (nSPS) is 15.4. The van der Waals surface area contributed by atoms with Crippen LogP contribution in [0.1, 0.15) is 44.0 Å². The number of rotatable bonds is 18. The highest BCUT2D eigenvalue weighted by Gasteiger charge is 2.41. The minimum absolute atomic E-state index is 0.0906. The summed E-state index contributed by atoms with van der Waals surface area (Å²) >= 11 is 1.52. The number of amides is 3. The van der Waals surface area contributed by atoms with Gasteiger partial charge < -0.3 is 34.4 Å². The zero-order valence-corrected chi connectivity index (χ0v) is 32.3. The fourth-order valence-electron chi connectivity index (χ4n) is 6.28. The lowest BCUT2D eigenvalue weighted by molar-refractivity contribution is -0.128. The lowest BCUT2D eigenvalue weighted by Crippen LogP contribution is -2.57. The molecule has 0 aliphatic carbocycles. The van der Waals surface area contributed by atoms with Crippen molar-refractivity contribution in [2.75, 3.05) is 47.5 Å². The number of aliphatic hydroxyl groups excluding tert-OH is 1. The van der Waals surface area contributed by atoms with Crippen molar-refractivity contribution in [3.05, 3.63) is 64.1 Å². The number of nitrogens with one attached hydrogen (secondary N) is 1. The van der Waals surface area contributed by atoms with Gasteiger partial charge >= 0.3 is 6.03 Å². The molecule has 2 aromatic carbocycles. The number of aromatic nitrogens is 1. The molecule has 1 aromatic heterocycles. The van der Waals surface area contributed by atoms with Gasteiger partial charge in [-0.25, -0.2) is 18.2 Å². The topological polar surface area (TPSA) is 151 Å². The highest BCUT2D eigenvalue weighted by Crippen LogP contribution is 2.40. The number of hydrogen-bond acceptors (Lipinski definition) is 10. The number of sulfonamides is 1. The average Bonchev–Trinajstić information content (AvgIpc) is 3.67. The Labute approximate surface area is 305 Å². The van der Waals surface area contributed by atoms with E-state index in [2.05, 4.69) is 10.3 Å². The third-order valence-electron chi connectivity index (χ3n) is 8.71. The Morgan fingerprint density at radius 2 is 1.67 bits per heavy atom. The van der Waals surface area contributed by atoms with Crippen molar-refractivity contribution in [2.24, 2.45) is 11.8 Å². The van der Waals surface area contributed by atoms with E-state index in [1.807, 2.05) is 70.3 Å². The highest BCUT2D eigenvalue weighted by atomic mass is 32.2. The van der Waals surface area contributed by atoms with E-state index in [-0.39, 0.29) is 59.5 Å². The monoisotopic (exact) mass is 745 g/mol. The molecule has 0 unspecified atom stereocenters. The van der Waals surface area contributed by atoms with Crippen molar-refractivity contribution in [3.8, 4) is 17.2 Å². The Bertz CT molecular complexity index is 1710. The van der Waals surface area contributed by atoms with Crippen molar-refractivity contribution in [3.63, 3.8) is 0 Å². The first-order chi connectivity index (χ1) is 24.2. The predicted molar refractivity (Wildman–Crippen MR) is 196 cm³/mol. The molecule has 3 aromatic rings. The summed E-state index contributed by atoms with van der Waals surface area (Å²) in [6.07, 6.45) is -1.10. The maximum absolute atomic E-state index is 14.2. The molecule has 13 nitrogen and oxygen atoms in total. The molecule has 0 spiro atoms. The van der Waals surface area contributed by atoms with Gasteiger partial charge in [0.2, 0.25) is 21.7 Å². The maximum Gasteiger partial charge on any atom is 0.321 e. The van der Waals surface area contributed by atoms with Crippen LogP contribution in [0.25, 0.3) is 0 Å². The molecule has 1 saturated heterocycles. The van der Waals surface area contributed by atoms with Crippen LogP contribution in [0.3, 0.4) is 0 Å². The largest absolute Gasteiger partial charge is 0.493 e. The van der Waals surface area contributed by atoms with Crippen LogP contribution in [-0.4, -0.2) is 110 Å². The summed E-state index contributed by atoms with van der Waals surface area (Å²) < 4.78 is 45.9. The summed E-state index contributed by atoms with van der Waals surface area (Å²) in [7, 11) is 0.0207. The molecule has 280 valence electrons.